The van der Waals surface area contributed by atoms with Gasteiger partial charge in [-0.1, -0.05) is 12.8 Å². The first-order chi connectivity index (χ1) is 7.93. The van der Waals surface area contributed by atoms with Gasteiger partial charge in [-0.3, -0.25) is 0 Å². The number of nitrogens with zero attached hydrogens (tertiary/aromatic N) is 2. The predicted octanol–water partition coefficient (Wildman–Crippen LogP) is 2.94. The molecule has 1 aromatic heterocycles. The normalized spacial score (nSPS) is 17.6. The summed E-state index contributed by atoms with van der Waals surface area (Å²) in [6.07, 6.45) is 7.16. The molecule has 2 aromatic rings. The number of nitrogens with one attached hydrogen (secondary N) is 1. The van der Waals surface area contributed by atoms with Gasteiger partial charge >= 0.3 is 0 Å². The van der Waals surface area contributed by atoms with Crippen LogP contribution in [0.25, 0.3) is 11.0 Å². The fourth-order valence-electron chi connectivity index (χ4n) is 2.45. The van der Waals surface area contributed by atoms with Gasteiger partial charge in [0.25, 0.3) is 0 Å². The summed E-state index contributed by atoms with van der Waals surface area (Å²) in [6.45, 7) is 2.39. The van der Waals surface area contributed by atoms with Gasteiger partial charge in [-0.2, -0.15) is 0 Å². The van der Waals surface area contributed by atoms with Crippen LogP contribution in [0.2, 0.25) is 0 Å². The average molecular weight is 215 g/mol. The molecule has 0 spiro atoms. The fourth-order valence-corrected chi connectivity index (χ4v) is 2.45. The highest BCUT2D eigenvalue weighted by Crippen LogP contribution is 2.22. The summed E-state index contributed by atoms with van der Waals surface area (Å²) in [5.74, 6) is 0. The third-order valence-electron chi connectivity index (χ3n) is 3.38. The van der Waals surface area contributed by atoms with Crippen LogP contribution < -0.4 is 4.90 Å². The Morgan fingerprint density at radius 1 is 1.06 bits per heavy atom. The van der Waals surface area contributed by atoms with Gasteiger partial charge < -0.3 is 9.88 Å². The molecule has 0 unspecified atom stereocenters. The van der Waals surface area contributed by atoms with Crippen molar-refractivity contribution >= 4 is 16.7 Å². The van der Waals surface area contributed by atoms with Crippen molar-refractivity contribution in [2.75, 3.05) is 18.0 Å². The van der Waals surface area contributed by atoms with E-state index in [1.165, 1.54) is 44.5 Å². The molecule has 2 heterocycles. The highest BCUT2D eigenvalue weighted by molar-refractivity contribution is 5.79. The van der Waals surface area contributed by atoms with E-state index >= 15 is 0 Å². The van der Waals surface area contributed by atoms with Gasteiger partial charge in [-0.05, 0) is 31.0 Å². The van der Waals surface area contributed by atoms with Crippen LogP contribution in [0, 0.1) is 0 Å². The molecular formula is C13H17N3. The van der Waals surface area contributed by atoms with Crippen LogP contribution in [0.4, 0.5) is 5.69 Å². The first kappa shape index (κ1) is 9.70. The number of aromatic amines is 1. The largest absolute Gasteiger partial charge is 0.371 e. The molecule has 16 heavy (non-hydrogen) atoms. The zero-order valence-electron chi connectivity index (χ0n) is 9.45. The second kappa shape index (κ2) is 4.16. The number of hydrogen-bond acceptors (Lipinski definition) is 2. The van der Waals surface area contributed by atoms with Crippen LogP contribution in [0.3, 0.4) is 0 Å². The molecule has 1 N–H and O–H groups in total. The maximum Gasteiger partial charge on any atom is 0.0931 e. The maximum atomic E-state index is 4.25. The Labute approximate surface area is 95.5 Å². The predicted molar refractivity (Wildman–Crippen MR) is 66.8 cm³/mol. The van der Waals surface area contributed by atoms with E-state index in [2.05, 4.69) is 33.1 Å². The molecule has 0 bridgehead atoms. The van der Waals surface area contributed by atoms with Crippen molar-refractivity contribution in [2.24, 2.45) is 0 Å². The summed E-state index contributed by atoms with van der Waals surface area (Å²) in [7, 11) is 0. The lowest BCUT2D eigenvalue weighted by Crippen LogP contribution is -2.23. The number of aromatic nitrogens is 2. The van der Waals surface area contributed by atoms with Crippen molar-refractivity contribution in [3.05, 3.63) is 24.5 Å². The maximum absolute atomic E-state index is 4.25. The summed E-state index contributed by atoms with van der Waals surface area (Å²) in [4.78, 5) is 9.92. The number of H-pyrrole nitrogens is 1. The second-order valence-corrected chi connectivity index (χ2v) is 4.51. The second-order valence-electron chi connectivity index (χ2n) is 4.51. The van der Waals surface area contributed by atoms with Gasteiger partial charge in [0.15, 0.2) is 0 Å². The number of hydrogen-bond donors (Lipinski definition) is 1. The Kier molecular flexibility index (Phi) is 2.52. The van der Waals surface area contributed by atoms with Crippen molar-refractivity contribution < 1.29 is 0 Å². The van der Waals surface area contributed by atoms with E-state index in [-0.39, 0.29) is 0 Å². The molecule has 1 fully saturated rings. The van der Waals surface area contributed by atoms with Crippen molar-refractivity contribution in [2.45, 2.75) is 25.7 Å². The molecule has 3 nitrogen and oxygen atoms in total. The van der Waals surface area contributed by atoms with Crippen molar-refractivity contribution in [3.8, 4) is 0 Å². The molecule has 3 heteroatoms. The molecule has 0 radical (unpaired) electrons. The molecule has 1 aliphatic rings. The van der Waals surface area contributed by atoms with Crippen LogP contribution in [-0.2, 0) is 0 Å². The number of imidazole rings is 1. The number of anilines is 1. The van der Waals surface area contributed by atoms with Crippen molar-refractivity contribution in [1.29, 1.82) is 0 Å². The van der Waals surface area contributed by atoms with Gasteiger partial charge in [0.2, 0.25) is 0 Å². The summed E-state index contributed by atoms with van der Waals surface area (Å²) >= 11 is 0. The average Bonchev–Trinajstić information content (AvgIpc) is 2.61. The molecule has 84 valence electrons. The third-order valence-corrected chi connectivity index (χ3v) is 3.38. The number of benzene rings is 1. The Hall–Kier alpha value is -1.51. The van der Waals surface area contributed by atoms with Crippen LogP contribution in [0.1, 0.15) is 25.7 Å². The lowest BCUT2D eigenvalue weighted by atomic mass is 10.2. The van der Waals surface area contributed by atoms with Crippen molar-refractivity contribution in [3.63, 3.8) is 0 Å². The summed E-state index contributed by atoms with van der Waals surface area (Å²) in [5, 5.41) is 0. The summed E-state index contributed by atoms with van der Waals surface area (Å²) in [6, 6.07) is 6.51. The SMILES string of the molecule is c1nc2ccc(N3CCCCCC3)cc2[nH]1. The molecule has 0 atom stereocenters. The fraction of sp³-hybridized carbons (Fsp3) is 0.462. The molecule has 0 aliphatic carbocycles. The van der Waals surface area contributed by atoms with Gasteiger partial charge in [-0.25, -0.2) is 4.98 Å². The van der Waals surface area contributed by atoms with Crippen LogP contribution in [0.15, 0.2) is 24.5 Å². The van der Waals surface area contributed by atoms with Crippen LogP contribution in [-0.4, -0.2) is 23.1 Å². The lowest BCUT2D eigenvalue weighted by molar-refractivity contribution is 0.726. The molecule has 0 saturated carbocycles. The Bertz CT molecular complexity index is 467. The molecular weight excluding hydrogens is 198 g/mol. The molecule has 1 saturated heterocycles. The first-order valence-electron chi connectivity index (χ1n) is 6.11. The van der Waals surface area contributed by atoms with E-state index in [1.807, 2.05) is 0 Å². The quantitative estimate of drug-likeness (QED) is 0.793. The molecule has 1 aliphatic heterocycles. The minimum atomic E-state index is 1.05. The minimum Gasteiger partial charge on any atom is -0.371 e. The van der Waals surface area contributed by atoms with E-state index in [9.17, 15) is 0 Å². The summed E-state index contributed by atoms with van der Waals surface area (Å²) in [5.41, 5.74) is 3.53. The van der Waals surface area contributed by atoms with Crippen LogP contribution in [0.5, 0.6) is 0 Å². The molecule has 3 rings (SSSR count). The monoisotopic (exact) mass is 215 g/mol. The first-order valence-corrected chi connectivity index (χ1v) is 6.11. The van der Waals surface area contributed by atoms with E-state index < -0.39 is 0 Å². The number of rotatable bonds is 1. The summed E-state index contributed by atoms with van der Waals surface area (Å²) < 4.78 is 0. The smallest absolute Gasteiger partial charge is 0.0931 e. The Balaban J connectivity index is 1.91. The highest BCUT2D eigenvalue weighted by atomic mass is 15.1. The van der Waals surface area contributed by atoms with Gasteiger partial charge in [0.1, 0.15) is 0 Å². The highest BCUT2D eigenvalue weighted by Gasteiger charge is 2.10. The molecule has 1 aromatic carbocycles. The van der Waals surface area contributed by atoms with E-state index in [0.717, 1.165) is 11.0 Å². The van der Waals surface area contributed by atoms with Crippen LogP contribution >= 0.6 is 0 Å². The zero-order chi connectivity index (χ0) is 10.8. The lowest BCUT2D eigenvalue weighted by Gasteiger charge is -2.22. The standard InChI is InChI=1S/C13H17N3/c1-2-4-8-16(7-3-1)11-5-6-12-13(9-11)15-10-14-12/h5-6,9-10H,1-4,7-8H2,(H,14,15). The van der Waals surface area contributed by atoms with E-state index in [0.29, 0.717) is 0 Å². The Morgan fingerprint density at radius 2 is 1.88 bits per heavy atom. The van der Waals surface area contributed by atoms with E-state index in [4.69, 9.17) is 0 Å². The molecule has 0 amide bonds. The Morgan fingerprint density at radius 3 is 2.69 bits per heavy atom. The zero-order valence-corrected chi connectivity index (χ0v) is 9.45. The van der Waals surface area contributed by atoms with Gasteiger partial charge in [-0.15, -0.1) is 0 Å². The van der Waals surface area contributed by atoms with Crippen molar-refractivity contribution in [1.82, 2.24) is 9.97 Å². The van der Waals surface area contributed by atoms with E-state index in [1.54, 1.807) is 6.33 Å². The minimum absolute atomic E-state index is 1.05. The topological polar surface area (TPSA) is 31.9 Å². The number of fused-ring (bicyclic) bond motifs is 1. The van der Waals surface area contributed by atoms with Gasteiger partial charge in [0, 0.05) is 18.8 Å². The van der Waals surface area contributed by atoms with Gasteiger partial charge in [0.05, 0.1) is 17.4 Å². The third kappa shape index (κ3) is 1.77.